The topological polar surface area (TPSA) is 98.8 Å². The minimum atomic E-state index is -0.251. The number of hydrogen-bond donors (Lipinski definition) is 3. The van der Waals surface area contributed by atoms with Gasteiger partial charge >= 0.3 is 0 Å². The third-order valence-corrected chi connectivity index (χ3v) is 5.48. The Morgan fingerprint density at radius 1 is 0.862 bits per heavy atom. The van der Waals surface area contributed by atoms with E-state index in [1.54, 1.807) is 22.8 Å². The summed E-state index contributed by atoms with van der Waals surface area (Å²) < 4.78 is 1.76. The Labute approximate surface area is 165 Å². The number of nitrogens with zero attached hydrogens (tertiary/aromatic N) is 3. The summed E-state index contributed by atoms with van der Waals surface area (Å²) in [4.78, 5) is 18.1. The fourth-order valence-corrected chi connectivity index (χ4v) is 4.19. The van der Waals surface area contributed by atoms with E-state index < -0.39 is 0 Å². The van der Waals surface area contributed by atoms with Crippen LogP contribution in [0.4, 0.5) is 5.69 Å². The van der Waals surface area contributed by atoms with Gasteiger partial charge in [-0.3, -0.25) is 9.36 Å². The van der Waals surface area contributed by atoms with Crippen molar-refractivity contribution in [2.24, 2.45) is 0 Å². The van der Waals surface area contributed by atoms with Crippen molar-refractivity contribution >= 4 is 38.3 Å². The highest BCUT2D eigenvalue weighted by molar-refractivity contribution is 6.24. The maximum absolute atomic E-state index is 12.1. The molecule has 0 amide bonds. The molecule has 2 heterocycles. The summed E-state index contributed by atoms with van der Waals surface area (Å²) in [6.45, 7) is 0.839. The predicted molar refractivity (Wildman–Crippen MR) is 113 cm³/mol. The highest BCUT2D eigenvalue weighted by Gasteiger charge is 2.21. The molecule has 0 unspecified atom stereocenters. The van der Waals surface area contributed by atoms with Crippen LogP contribution in [0.25, 0.3) is 38.3 Å². The first-order valence-corrected chi connectivity index (χ1v) is 9.43. The highest BCUT2D eigenvalue weighted by Crippen LogP contribution is 2.41. The zero-order chi connectivity index (χ0) is 20.1. The normalized spacial score (nSPS) is 11.9. The molecule has 0 aliphatic heterocycles. The van der Waals surface area contributed by atoms with Gasteiger partial charge in [-0.1, -0.05) is 0 Å². The second kappa shape index (κ2) is 6.58. The maximum atomic E-state index is 12.1. The number of rotatable bonds is 6. The van der Waals surface area contributed by atoms with E-state index in [2.05, 4.69) is 4.98 Å². The van der Waals surface area contributed by atoms with Gasteiger partial charge in [0, 0.05) is 40.6 Å². The van der Waals surface area contributed by atoms with Gasteiger partial charge in [-0.05, 0) is 48.5 Å². The summed E-state index contributed by atoms with van der Waals surface area (Å²) in [5.74, 6) is 0.110. The standard InChI is InChI=1S/C22H19N3O4/c26-11-9-24(10-12-27)13-1-3-14(4-2-13)25-18-8-7-17-19-15(21(28)23-17)5-6-16(20(18)19)22(25)29/h1-8,26-27,29H,9-12H2. The van der Waals surface area contributed by atoms with Gasteiger partial charge in [0.2, 0.25) is 5.88 Å². The number of benzene rings is 3. The molecule has 0 aliphatic rings. The van der Waals surface area contributed by atoms with Gasteiger partial charge in [-0.25, -0.2) is 4.98 Å². The molecule has 0 radical (unpaired) electrons. The molecule has 7 heteroatoms. The summed E-state index contributed by atoms with van der Waals surface area (Å²) >= 11 is 0. The quantitative estimate of drug-likeness (QED) is 0.411. The molecule has 0 fully saturated rings. The van der Waals surface area contributed by atoms with Crippen LogP contribution in [0.1, 0.15) is 0 Å². The van der Waals surface area contributed by atoms with Gasteiger partial charge < -0.3 is 20.2 Å². The number of anilines is 1. The Kier molecular flexibility index (Phi) is 4.01. The maximum Gasteiger partial charge on any atom is 0.278 e. The lowest BCUT2D eigenvalue weighted by molar-refractivity contribution is 0.281. The zero-order valence-corrected chi connectivity index (χ0v) is 15.5. The van der Waals surface area contributed by atoms with Crippen LogP contribution in [0.15, 0.2) is 53.3 Å². The van der Waals surface area contributed by atoms with Crippen LogP contribution in [0.2, 0.25) is 0 Å². The average molecular weight is 389 g/mol. The smallest absolute Gasteiger partial charge is 0.278 e. The van der Waals surface area contributed by atoms with Crippen LogP contribution < -0.4 is 10.5 Å². The van der Waals surface area contributed by atoms with Gasteiger partial charge in [0.1, 0.15) is 0 Å². The predicted octanol–water partition coefficient (Wildman–Crippen LogP) is 2.06. The Hall–Kier alpha value is -3.42. The lowest BCUT2D eigenvalue weighted by Crippen LogP contribution is -2.29. The molecule has 0 spiro atoms. The van der Waals surface area contributed by atoms with Gasteiger partial charge in [-0.2, -0.15) is 0 Å². The van der Waals surface area contributed by atoms with Crippen molar-refractivity contribution in [3.8, 4) is 11.6 Å². The molecule has 29 heavy (non-hydrogen) atoms. The summed E-state index contributed by atoms with van der Waals surface area (Å²) in [6.07, 6.45) is 0. The lowest BCUT2D eigenvalue weighted by atomic mass is 10.0. The third-order valence-electron chi connectivity index (χ3n) is 5.48. The number of aliphatic hydroxyl groups is 2. The molecule has 5 aromatic rings. The molecule has 0 atom stereocenters. The number of aromatic hydroxyl groups is 1. The Morgan fingerprint density at radius 2 is 1.55 bits per heavy atom. The Balaban J connectivity index is 1.69. The van der Waals surface area contributed by atoms with Gasteiger partial charge in [-0.15, -0.1) is 0 Å². The lowest BCUT2D eigenvalue weighted by Gasteiger charge is -2.23. The van der Waals surface area contributed by atoms with Crippen LogP contribution in [-0.4, -0.2) is 51.2 Å². The minimum absolute atomic E-state index is 0.00576. The Bertz CT molecular complexity index is 1350. The molecule has 3 aromatic carbocycles. The molecular formula is C22H19N3O4. The second-order valence-electron chi connectivity index (χ2n) is 7.04. The number of aliphatic hydroxyl groups excluding tert-OH is 2. The van der Waals surface area contributed by atoms with Crippen LogP contribution in [0, 0.1) is 0 Å². The van der Waals surface area contributed by atoms with E-state index in [1.165, 1.54) is 0 Å². The van der Waals surface area contributed by atoms with Crippen molar-refractivity contribution in [1.82, 2.24) is 9.55 Å². The summed E-state index contributed by atoms with van der Waals surface area (Å²) in [5, 5.41) is 32.3. The first-order chi connectivity index (χ1) is 14.1. The van der Waals surface area contributed by atoms with E-state index in [0.29, 0.717) is 29.4 Å². The fourth-order valence-electron chi connectivity index (χ4n) is 4.19. The van der Waals surface area contributed by atoms with E-state index in [9.17, 15) is 20.1 Å². The monoisotopic (exact) mass is 389 g/mol. The number of aromatic nitrogens is 2. The molecule has 0 saturated carbocycles. The number of hydrogen-bond acceptors (Lipinski definition) is 6. The first kappa shape index (κ1) is 17.7. The molecular weight excluding hydrogens is 370 g/mol. The summed E-state index contributed by atoms with van der Waals surface area (Å²) in [6, 6.07) is 14.7. The van der Waals surface area contributed by atoms with Crippen LogP contribution >= 0.6 is 0 Å². The van der Waals surface area contributed by atoms with E-state index in [4.69, 9.17) is 0 Å². The largest absolute Gasteiger partial charge is 0.494 e. The Morgan fingerprint density at radius 3 is 2.24 bits per heavy atom. The molecule has 146 valence electrons. The molecule has 5 rings (SSSR count). The molecule has 0 saturated heterocycles. The van der Waals surface area contributed by atoms with E-state index in [1.807, 2.05) is 35.2 Å². The summed E-state index contributed by atoms with van der Waals surface area (Å²) in [7, 11) is 0. The highest BCUT2D eigenvalue weighted by atomic mass is 16.3. The first-order valence-electron chi connectivity index (χ1n) is 9.43. The van der Waals surface area contributed by atoms with Crippen molar-refractivity contribution in [2.75, 3.05) is 31.2 Å². The van der Waals surface area contributed by atoms with E-state index in [-0.39, 0.29) is 24.7 Å². The second-order valence-corrected chi connectivity index (χ2v) is 7.04. The molecule has 3 N–H and O–H groups in total. The van der Waals surface area contributed by atoms with Crippen molar-refractivity contribution in [2.45, 2.75) is 0 Å². The summed E-state index contributed by atoms with van der Waals surface area (Å²) in [5.41, 5.74) is 2.84. The van der Waals surface area contributed by atoms with Crippen molar-refractivity contribution in [1.29, 1.82) is 0 Å². The van der Waals surface area contributed by atoms with Gasteiger partial charge in [0.15, 0.2) is 0 Å². The molecule has 0 aliphatic carbocycles. The SMILES string of the molecule is O=c1nc2ccc3c4c(ccc1c24)c(O)n3-c1ccc(N(CCO)CCO)cc1. The molecule has 2 aromatic heterocycles. The molecule has 7 nitrogen and oxygen atoms in total. The van der Waals surface area contributed by atoms with E-state index >= 15 is 0 Å². The average Bonchev–Trinajstić information content (AvgIpc) is 3.21. The van der Waals surface area contributed by atoms with Crippen LogP contribution in [0.5, 0.6) is 5.88 Å². The zero-order valence-electron chi connectivity index (χ0n) is 15.5. The van der Waals surface area contributed by atoms with Gasteiger partial charge in [0.25, 0.3) is 5.56 Å². The van der Waals surface area contributed by atoms with Crippen LogP contribution in [0.3, 0.4) is 0 Å². The minimum Gasteiger partial charge on any atom is -0.494 e. The van der Waals surface area contributed by atoms with Crippen LogP contribution in [-0.2, 0) is 0 Å². The van der Waals surface area contributed by atoms with Crippen molar-refractivity contribution < 1.29 is 15.3 Å². The van der Waals surface area contributed by atoms with Crippen molar-refractivity contribution in [3.63, 3.8) is 0 Å². The van der Waals surface area contributed by atoms with Crippen molar-refractivity contribution in [3.05, 3.63) is 58.9 Å². The fraction of sp³-hybridized carbons (Fsp3) is 0.182. The third kappa shape index (κ3) is 2.52. The van der Waals surface area contributed by atoms with Gasteiger partial charge in [0.05, 0.1) is 29.6 Å². The molecule has 0 bridgehead atoms. The van der Waals surface area contributed by atoms with E-state index in [0.717, 1.165) is 27.7 Å².